The summed E-state index contributed by atoms with van der Waals surface area (Å²) in [5.41, 5.74) is 1.88. The fourth-order valence-electron chi connectivity index (χ4n) is 3.20. The van der Waals surface area contributed by atoms with Crippen LogP contribution >= 0.6 is 0 Å². The Morgan fingerprint density at radius 1 is 1.14 bits per heavy atom. The smallest absolute Gasteiger partial charge is 0.227 e. The molecule has 2 aromatic rings. The summed E-state index contributed by atoms with van der Waals surface area (Å²) in [5, 5.41) is 2.86. The Morgan fingerprint density at radius 2 is 1.89 bits per heavy atom. The van der Waals surface area contributed by atoms with E-state index in [2.05, 4.69) is 5.32 Å². The molecule has 0 radical (unpaired) electrons. The summed E-state index contributed by atoms with van der Waals surface area (Å²) in [4.78, 5) is 26.5. The van der Waals surface area contributed by atoms with Gasteiger partial charge in [-0.2, -0.15) is 0 Å². The fourth-order valence-corrected chi connectivity index (χ4v) is 3.20. The minimum absolute atomic E-state index is 0.0665. The number of carbonyl (C=O) groups is 2. The minimum Gasteiger partial charge on any atom is -0.492 e. The van der Waals surface area contributed by atoms with Crippen molar-refractivity contribution in [3.05, 3.63) is 54.1 Å². The SMILES string of the molecule is CCOc1ccccc1N1CC(C(=O)NCCOc2ccc(C)cc2)CC1=O. The number of rotatable bonds is 8. The van der Waals surface area contributed by atoms with Gasteiger partial charge in [-0.1, -0.05) is 29.8 Å². The lowest BCUT2D eigenvalue weighted by atomic mass is 10.1. The molecule has 2 amide bonds. The molecule has 2 aromatic carbocycles. The van der Waals surface area contributed by atoms with Crippen molar-refractivity contribution in [1.29, 1.82) is 0 Å². The number of aryl methyl sites for hydroxylation is 1. The summed E-state index contributed by atoms with van der Waals surface area (Å²) in [6.07, 6.45) is 0.200. The molecule has 1 unspecified atom stereocenters. The fraction of sp³-hybridized carbons (Fsp3) is 0.364. The Balaban J connectivity index is 1.50. The summed E-state index contributed by atoms with van der Waals surface area (Å²) < 4.78 is 11.2. The van der Waals surface area contributed by atoms with Gasteiger partial charge in [0.25, 0.3) is 0 Å². The van der Waals surface area contributed by atoms with Gasteiger partial charge in [0.2, 0.25) is 11.8 Å². The molecule has 1 fully saturated rings. The zero-order valence-corrected chi connectivity index (χ0v) is 16.3. The molecule has 1 aliphatic rings. The van der Waals surface area contributed by atoms with Crippen molar-refractivity contribution in [2.24, 2.45) is 5.92 Å². The molecule has 0 spiro atoms. The average Bonchev–Trinajstić information content (AvgIpc) is 3.09. The Bertz CT molecular complexity index is 820. The van der Waals surface area contributed by atoms with Crippen LogP contribution in [0.15, 0.2) is 48.5 Å². The molecular weight excluding hydrogens is 356 g/mol. The van der Waals surface area contributed by atoms with Crippen LogP contribution in [0.2, 0.25) is 0 Å². The molecule has 28 heavy (non-hydrogen) atoms. The van der Waals surface area contributed by atoms with E-state index >= 15 is 0 Å². The molecule has 1 saturated heterocycles. The van der Waals surface area contributed by atoms with Crippen LogP contribution in [0.3, 0.4) is 0 Å². The Hall–Kier alpha value is -3.02. The number of amides is 2. The Kier molecular flexibility index (Phi) is 6.53. The molecule has 6 heteroatoms. The summed E-state index contributed by atoms with van der Waals surface area (Å²) in [6, 6.07) is 15.2. The number of hydrogen-bond donors (Lipinski definition) is 1. The molecule has 0 bridgehead atoms. The van der Waals surface area contributed by atoms with Gasteiger partial charge in [-0.15, -0.1) is 0 Å². The van der Waals surface area contributed by atoms with E-state index in [9.17, 15) is 9.59 Å². The predicted molar refractivity (Wildman–Crippen MR) is 108 cm³/mol. The Morgan fingerprint density at radius 3 is 2.64 bits per heavy atom. The molecule has 1 N–H and O–H groups in total. The van der Waals surface area contributed by atoms with E-state index in [0.717, 1.165) is 5.75 Å². The predicted octanol–water partition coefficient (Wildman–Crippen LogP) is 2.94. The number of para-hydroxylation sites is 2. The van der Waals surface area contributed by atoms with E-state index in [0.29, 0.717) is 37.7 Å². The van der Waals surface area contributed by atoms with Crippen LogP contribution in [0.25, 0.3) is 0 Å². The average molecular weight is 382 g/mol. The highest BCUT2D eigenvalue weighted by Gasteiger charge is 2.36. The quantitative estimate of drug-likeness (QED) is 0.713. The van der Waals surface area contributed by atoms with Crippen LogP contribution < -0.4 is 19.7 Å². The largest absolute Gasteiger partial charge is 0.492 e. The molecule has 0 aromatic heterocycles. The van der Waals surface area contributed by atoms with Crippen molar-refractivity contribution < 1.29 is 19.1 Å². The first-order valence-electron chi connectivity index (χ1n) is 9.58. The first kappa shape index (κ1) is 19.7. The lowest BCUT2D eigenvalue weighted by Gasteiger charge is -2.20. The third-order valence-electron chi connectivity index (χ3n) is 4.64. The van der Waals surface area contributed by atoms with Crippen molar-refractivity contribution in [2.75, 3.05) is 31.2 Å². The van der Waals surface area contributed by atoms with Gasteiger partial charge in [0.05, 0.1) is 24.8 Å². The van der Waals surface area contributed by atoms with Gasteiger partial charge >= 0.3 is 0 Å². The number of ether oxygens (including phenoxy) is 2. The van der Waals surface area contributed by atoms with E-state index in [4.69, 9.17) is 9.47 Å². The van der Waals surface area contributed by atoms with Crippen molar-refractivity contribution >= 4 is 17.5 Å². The zero-order valence-electron chi connectivity index (χ0n) is 16.3. The van der Waals surface area contributed by atoms with Crippen LogP contribution in [0.4, 0.5) is 5.69 Å². The maximum absolute atomic E-state index is 12.5. The first-order chi connectivity index (χ1) is 13.6. The molecule has 0 aliphatic carbocycles. The van der Waals surface area contributed by atoms with Gasteiger partial charge in [-0.05, 0) is 38.1 Å². The second kappa shape index (κ2) is 9.26. The molecule has 3 rings (SSSR count). The number of hydrogen-bond acceptors (Lipinski definition) is 4. The normalized spacial score (nSPS) is 16.1. The van der Waals surface area contributed by atoms with Crippen molar-refractivity contribution in [3.63, 3.8) is 0 Å². The van der Waals surface area contributed by atoms with Crippen LogP contribution in [0.5, 0.6) is 11.5 Å². The maximum Gasteiger partial charge on any atom is 0.227 e. The molecule has 0 saturated carbocycles. The summed E-state index contributed by atoms with van der Waals surface area (Å²) in [6.45, 7) is 5.57. The number of carbonyl (C=O) groups excluding carboxylic acids is 2. The second-order valence-electron chi connectivity index (χ2n) is 6.76. The lowest BCUT2D eigenvalue weighted by molar-refractivity contribution is -0.126. The van der Waals surface area contributed by atoms with E-state index in [1.807, 2.05) is 62.4 Å². The summed E-state index contributed by atoms with van der Waals surface area (Å²) in [5.74, 6) is 0.863. The molecule has 1 aliphatic heterocycles. The van der Waals surface area contributed by atoms with Crippen LogP contribution in [0, 0.1) is 12.8 Å². The first-order valence-corrected chi connectivity index (χ1v) is 9.58. The van der Waals surface area contributed by atoms with Gasteiger partial charge in [-0.25, -0.2) is 0 Å². The van der Waals surface area contributed by atoms with Crippen LogP contribution in [-0.2, 0) is 9.59 Å². The van der Waals surface area contributed by atoms with E-state index in [1.54, 1.807) is 4.90 Å². The molecule has 6 nitrogen and oxygen atoms in total. The standard InChI is InChI=1S/C22H26N2O4/c1-3-27-20-7-5-4-6-19(20)24-15-17(14-21(24)25)22(26)23-12-13-28-18-10-8-16(2)9-11-18/h4-11,17H,3,12-15H2,1-2H3,(H,23,26). The lowest BCUT2D eigenvalue weighted by Crippen LogP contribution is -2.35. The van der Waals surface area contributed by atoms with Crippen LogP contribution in [-0.4, -0.2) is 38.1 Å². The molecule has 148 valence electrons. The topological polar surface area (TPSA) is 67.9 Å². The number of anilines is 1. The van der Waals surface area contributed by atoms with Gasteiger partial charge in [0.1, 0.15) is 18.1 Å². The third kappa shape index (κ3) is 4.82. The van der Waals surface area contributed by atoms with E-state index < -0.39 is 0 Å². The molecule has 1 atom stereocenters. The molecular formula is C22H26N2O4. The van der Waals surface area contributed by atoms with E-state index in [-0.39, 0.29) is 24.2 Å². The summed E-state index contributed by atoms with van der Waals surface area (Å²) in [7, 11) is 0. The van der Waals surface area contributed by atoms with Gasteiger partial charge in [0, 0.05) is 13.0 Å². The third-order valence-corrected chi connectivity index (χ3v) is 4.64. The van der Waals surface area contributed by atoms with Crippen molar-refractivity contribution in [1.82, 2.24) is 5.32 Å². The highest BCUT2D eigenvalue weighted by molar-refractivity contribution is 6.01. The highest BCUT2D eigenvalue weighted by Crippen LogP contribution is 2.33. The van der Waals surface area contributed by atoms with Crippen LogP contribution in [0.1, 0.15) is 18.9 Å². The van der Waals surface area contributed by atoms with E-state index in [1.165, 1.54) is 5.56 Å². The van der Waals surface area contributed by atoms with Gasteiger partial charge in [0.15, 0.2) is 0 Å². The van der Waals surface area contributed by atoms with Crippen molar-refractivity contribution in [3.8, 4) is 11.5 Å². The Labute approximate surface area is 165 Å². The van der Waals surface area contributed by atoms with Gasteiger partial charge in [-0.3, -0.25) is 9.59 Å². The second-order valence-corrected chi connectivity index (χ2v) is 6.76. The number of benzene rings is 2. The maximum atomic E-state index is 12.5. The van der Waals surface area contributed by atoms with Crippen molar-refractivity contribution in [2.45, 2.75) is 20.3 Å². The number of nitrogens with zero attached hydrogens (tertiary/aromatic N) is 1. The minimum atomic E-state index is -0.374. The monoisotopic (exact) mass is 382 g/mol. The highest BCUT2D eigenvalue weighted by atomic mass is 16.5. The van der Waals surface area contributed by atoms with Gasteiger partial charge < -0.3 is 19.7 Å². The zero-order chi connectivity index (χ0) is 19.9. The summed E-state index contributed by atoms with van der Waals surface area (Å²) >= 11 is 0. The molecule has 1 heterocycles. The number of nitrogens with one attached hydrogen (secondary N) is 1.